The number of aryl methyl sites for hydroxylation is 1. The summed E-state index contributed by atoms with van der Waals surface area (Å²) in [6, 6.07) is 2.48. The number of hydrogen-bond donors (Lipinski definition) is 1. The third kappa shape index (κ3) is 1.37. The second-order valence-electron chi connectivity index (χ2n) is 3.98. The van der Waals surface area contributed by atoms with Crippen molar-refractivity contribution in [2.24, 2.45) is 0 Å². The fraction of sp³-hybridized carbons (Fsp3) is 0.364. The number of carbonyl (C=O) groups is 1. The van der Waals surface area contributed by atoms with E-state index >= 15 is 0 Å². The van der Waals surface area contributed by atoms with E-state index in [1.165, 1.54) is 13.0 Å². The first kappa shape index (κ1) is 11.9. The summed E-state index contributed by atoms with van der Waals surface area (Å²) in [6.07, 6.45) is -5.10. The molecule has 0 aliphatic carbocycles. The molecule has 2 rings (SSSR count). The molecule has 0 aromatic heterocycles. The predicted molar refractivity (Wildman–Crippen MR) is 51.5 cm³/mol. The highest BCUT2D eigenvalue weighted by Crippen LogP contribution is 2.49. The molecule has 6 heteroatoms. The zero-order valence-corrected chi connectivity index (χ0v) is 9.05. The van der Waals surface area contributed by atoms with Crippen LogP contribution in [0.15, 0.2) is 12.1 Å². The van der Waals surface area contributed by atoms with E-state index in [0.717, 1.165) is 6.07 Å². The summed E-state index contributed by atoms with van der Waals surface area (Å²) in [5, 5.41) is 9.56. The molecule has 0 unspecified atom stereocenters. The zero-order chi connectivity index (χ0) is 13.0. The summed E-state index contributed by atoms with van der Waals surface area (Å²) in [5.74, 6) is -1.90. The van der Waals surface area contributed by atoms with Gasteiger partial charge in [-0.15, -0.1) is 0 Å². The minimum Gasteiger partial charge on any atom is -0.423 e. The molecule has 1 aliphatic rings. The number of alkyl halides is 3. The SMILES string of the molecule is Cc1ccc2c(c1C)OC(=O)[C@@]2(O)C(F)(F)F. The van der Waals surface area contributed by atoms with Gasteiger partial charge < -0.3 is 9.84 Å². The molecule has 0 saturated carbocycles. The van der Waals surface area contributed by atoms with Crippen molar-refractivity contribution in [3.8, 4) is 5.75 Å². The number of benzene rings is 1. The highest BCUT2D eigenvalue weighted by atomic mass is 19.4. The molecular formula is C11H9F3O3. The summed E-state index contributed by atoms with van der Waals surface area (Å²) in [4.78, 5) is 11.3. The number of halogens is 3. The second-order valence-corrected chi connectivity index (χ2v) is 3.98. The Labute approximate surface area is 94.8 Å². The van der Waals surface area contributed by atoms with Crippen LogP contribution in [-0.4, -0.2) is 17.3 Å². The van der Waals surface area contributed by atoms with Gasteiger partial charge in [-0.3, -0.25) is 0 Å². The monoisotopic (exact) mass is 246 g/mol. The maximum Gasteiger partial charge on any atom is 0.432 e. The van der Waals surface area contributed by atoms with E-state index in [-0.39, 0.29) is 5.75 Å². The second kappa shape index (κ2) is 3.22. The molecule has 1 heterocycles. The molecule has 0 amide bonds. The summed E-state index contributed by atoms with van der Waals surface area (Å²) >= 11 is 0. The molecule has 17 heavy (non-hydrogen) atoms. The van der Waals surface area contributed by atoms with Gasteiger partial charge in [0.2, 0.25) is 0 Å². The van der Waals surface area contributed by atoms with E-state index in [2.05, 4.69) is 4.74 Å². The first-order chi connectivity index (χ1) is 7.69. The summed E-state index contributed by atoms with van der Waals surface area (Å²) in [6.45, 7) is 3.21. The van der Waals surface area contributed by atoms with Crippen LogP contribution in [0.3, 0.4) is 0 Å². The third-order valence-corrected chi connectivity index (χ3v) is 2.97. The van der Waals surface area contributed by atoms with Crippen molar-refractivity contribution in [3.05, 3.63) is 28.8 Å². The Bertz CT molecular complexity index is 507. The average molecular weight is 246 g/mol. The highest BCUT2D eigenvalue weighted by Gasteiger charge is 2.66. The largest absolute Gasteiger partial charge is 0.432 e. The number of carbonyl (C=O) groups excluding carboxylic acids is 1. The number of fused-ring (bicyclic) bond motifs is 1. The van der Waals surface area contributed by atoms with Crippen LogP contribution in [0, 0.1) is 13.8 Å². The van der Waals surface area contributed by atoms with Crippen LogP contribution in [0.2, 0.25) is 0 Å². The van der Waals surface area contributed by atoms with Crippen LogP contribution in [0.25, 0.3) is 0 Å². The predicted octanol–water partition coefficient (Wildman–Crippen LogP) is 1.97. The quantitative estimate of drug-likeness (QED) is 0.562. The first-order valence-corrected chi connectivity index (χ1v) is 4.81. The number of aliphatic hydroxyl groups is 1. The third-order valence-electron chi connectivity index (χ3n) is 2.97. The average Bonchev–Trinajstić information content (AvgIpc) is 2.47. The lowest BCUT2D eigenvalue weighted by Gasteiger charge is -2.22. The Morgan fingerprint density at radius 3 is 2.41 bits per heavy atom. The Morgan fingerprint density at radius 1 is 1.29 bits per heavy atom. The molecule has 0 bridgehead atoms. The maximum atomic E-state index is 12.8. The van der Waals surface area contributed by atoms with E-state index in [1.54, 1.807) is 6.92 Å². The molecule has 0 saturated heterocycles. The lowest BCUT2D eigenvalue weighted by atomic mass is 9.92. The fourth-order valence-electron chi connectivity index (χ4n) is 1.75. The van der Waals surface area contributed by atoms with Gasteiger partial charge in [-0.1, -0.05) is 12.1 Å². The van der Waals surface area contributed by atoms with Crippen LogP contribution in [0.5, 0.6) is 5.75 Å². The van der Waals surface area contributed by atoms with Crippen molar-refractivity contribution < 1.29 is 27.8 Å². The molecule has 1 atom stereocenters. The van der Waals surface area contributed by atoms with E-state index in [1.807, 2.05) is 0 Å². The van der Waals surface area contributed by atoms with Gasteiger partial charge in [0, 0.05) is 5.56 Å². The Morgan fingerprint density at radius 2 is 1.88 bits per heavy atom. The smallest absolute Gasteiger partial charge is 0.423 e. The number of esters is 1. The van der Waals surface area contributed by atoms with E-state index < -0.39 is 23.3 Å². The van der Waals surface area contributed by atoms with Crippen molar-refractivity contribution in [1.29, 1.82) is 0 Å². The number of ether oxygens (including phenoxy) is 1. The van der Waals surface area contributed by atoms with Crippen LogP contribution in [0.1, 0.15) is 16.7 Å². The normalized spacial score (nSPS) is 23.5. The molecule has 0 spiro atoms. The molecule has 3 nitrogen and oxygen atoms in total. The fourth-order valence-corrected chi connectivity index (χ4v) is 1.75. The molecule has 0 radical (unpaired) electrons. The van der Waals surface area contributed by atoms with Gasteiger partial charge >= 0.3 is 12.1 Å². The van der Waals surface area contributed by atoms with Crippen LogP contribution >= 0.6 is 0 Å². The topological polar surface area (TPSA) is 46.5 Å². The molecule has 92 valence electrons. The lowest BCUT2D eigenvalue weighted by molar-refractivity contribution is -0.258. The zero-order valence-electron chi connectivity index (χ0n) is 9.05. The minimum atomic E-state index is -5.10. The van der Waals surface area contributed by atoms with Crippen molar-refractivity contribution in [2.45, 2.75) is 25.6 Å². The summed E-state index contributed by atoms with van der Waals surface area (Å²) in [5.41, 5.74) is -3.00. The lowest BCUT2D eigenvalue weighted by Crippen LogP contribution is -2.47. The maximum absolute atomic E-state index is 12.8. The van der Waals surface area contributed by atoms with Crippen LogP contribution in [-0.2, 0) is 10.4 Å². The standard InChI is InChI=1S/C11H9F3O3/c1-5-3-4-7-8(6(5)2)17-9(15)10(7,16)11(12,13)14/h3-4,16H,1-2H3/t10-/m1/s1. The van der Waals surface area contributed by atoms with E-state index in [0.29, 0.717) is 11.1 Å². The highest BCUT2D eigenvalue weighted by molar-refractivity contribution is 5.90. The van der Waals surface area contributed by atoms with Crippen molar-refractivity contribution in [3.63, 3.8) is 0 Å². The number of rotatable bonds is 0. The van der Waals surface area contributed by atoms with Crippen LogP contribution in [0.4, 0.5) is 13.2 Å². The van der Waals surface area contributed by atoms with Gasteiger partial charge in [0.05, 0.1) is 0 Å². The first-order valence-electron chi connectivity index (χ1n) is 4.81. The van der Waals surface area contributed by atoms with Gasteiger partial charge in [0.1, 0.15) is 5.75 Å². The van der Waals surface area contributed by atoms with Crippen molar-refractivity contribution >= 4 is 5.97 Å². The Kier molecular flexibility index (Phi) is 2.26. The molecule has 1 aromatic rings. The van der Waals surface area contributed by atoms with Crippen molar-refractivity contribution in [2.75, 3.05) is 0 Å². The molecule has 1 aromatic carbocycles. The summed E-state index contributed by atoms with van der Waals surface area (Å²) in [7, 11) is 0. The van der Waals surface area contributed by atoms with E-state index in [9.17, 15) is 23.1 Å². The van der Waals surface area contributed by atoms with Gasteiger partial charge in [-0.25, -0.2) is 4.79 Å². The number of hydrogen-bond acceptors (Lipinski definition) is 3. The van der Waals surface area contributed by atoms with Crippen molar-refractivity contribution in [1.82, 2.24) is 0 Å². The molecule has 0 fully saturated rings. The van der Waals surface area contributed by atoms with Crippen LogP contribution < -0.4 is 4.74 Å². The van der Waals surface area contributed by atoms with Gasteiger partial charge in [-0.2, -0.15) is 13.2 Å². The molecule has 1 N–H and O–H groups in total. The molecular weight excluding hydrogens is 237 g/mol. The van der Waals surface area contributed by atoms with E-state index in [4.69, 9.17) is 0 Å². The van der Waals surface area contributed by atoms with Gasteiger partial charge in [0.25, 0.3) is 5.60 Å². The Hall–Kier alpha value is -1.56. The Balaban J connectivity index is 2.72. The molecule has 1 aliphatic heterocycles. The van der Waals surface area contributed by atoms with Gasteiger partial charge in [0.15, 0.2) is 0 Å². The minimum absolute atomic E-state index is 0.199. The van der Waals surface area contributed by atoms with Gasteiger partial charge in [-0.05, 0) is 25.0 Å². The summed E-state index contributed by atoms with van der Waals surface area (Å²) < 4.78 is 42.8.